The predicted molar refractivity (Wildman–Crippen MR) is 79.6 cm³/mol. The van der Waals surface area contributed by atoms with Crippen LogP contribution in [-0.2, 0) is 16.0 Å². The third-order valence-electron chi connectivity index (χ3n) is 3.12. The summed E-state index contributed by atoms with van der Waals surface area (Å²) in [6.45, 7) is 7.98. The second kappa shape index (κ2) is 8.39. The van der Waals surface area contributed by atoms with E-state index in [4.69, 9.17) is 0 Å². The highest BCUT2D eigenvalue weighted by atomic mass is 16.2. The van der Waals surface area contributed by atoms with Crippen molar-refractivity contribution >= 4 is 11.8 Å². The number of carbonyl (C=O) groups is 2. The monoisotopic (exact) mass is 295 g/mol. The van der Waals surface area contributed by atoms with Gasteiger partial charge in [-0.25, -0.2) is 0 Å². The molecule has 0 aliphatic carbocycles. The number of nitrogens with zero attached hydrogens (tertiary/aromatic N) is 3. The van der Waals surface area contributed by atoms with Crippen molar-refractivity contribution in [3.8, 4) is 0 Å². The van der Waals surface area contributed by atoms with Crippen LogP contribution >= 0.6 is 0 Å². The molecule has 0 bridgehead atoms. The van der Waals surface area contributed by atoms with Crippen LogP contribution in [0.5, 0.6) is 0 Å². The molecule has 7 nitrogen and oxygen atoms in total. The molecule has 1 unspecified atom stereocenters. The zero-order valence-electron chi connectivity index (χ0n) is 13.2. The normalized spacial score (nSPS) is 12.2. The summed E-state index contributed by atoms with van der Waals surface area (Å²) in [7, 11) is 0. The Labute approximate surface area is 125 Å². The number of hydrogen-bond acceptors (Lipinski definition) is 4. The quantitative estimate of drug-likeness (QED) is 0.743. The molecular formula is C14H25N5O2. The number of amides is 2. The van der Waals surface area contributed by atoms with Gasteiger partial charge in [-0.15, -0.1) is 10.2 Å². The van der Waals surface area contributed by atoms with Crippen LogP contribution < -0.4 is 10.6 Å². The van der Waals surface area contributed by atoms with E-state index in [2.05, 4.69) is 34.7 Å². The molecule has 2 N–H and O–H groups in total. The molecule has 0 fully saturated rings. The number of nitrogens with one attached hydrogen (secondary N) is 2. The van der Waals surface area contributed by atoms with Gasteiger partial charge in [-0.2, -0.15) is 0 Å². The lowest BCUT2D eigenvalue weighted by molar-refractivity contribution is -0.128. The van der Waals surface area contributed by atoms with Crippen LogP contribution in [0.3, 0.4) is 0 Å². The van der Waals surface area contributed by atoms with Gasteiger partial charge in [-0.1, -0.05) is 13.3 Å². The van der Waals surface area contributed by atoms with E-state index in [0.29, 0.717) is 19.4 Å². The number of hydrogen-bond donors (Lipinski definition) is 2. The largest absolute Gasteiger partial charge is 0.354 e. The first-order valence-corrected chi connectivity index (χ1v) is 7.38. The third-order valence-corrected chi connectivity index (χ3v) is 3.12. The Kier molecular flexibility index (Phi) is 6.84. The Hall–Kier alpha value is -1.92. The first-order valence-electron chi connectivity index (χ1n) is 7.38. The van der Waals surface area contributed by atoms with Gasteiger partial charge >= 0.3 is 0 Å². The number of carbonyl (C=O) groups excluding carboxylic acids is 2. The minimum absolute atomic E-state index is 0.150. The molecule has 7 heteroatoms. The van der Waals surface area contributed by atoms with Gasteiger partial charge in [-0.05, 0) is 20.3 Å². The van der Waals surface area contributed by atoms with Crippen LogP contribution in [0.2, 0.25) is 0 Å². The summed E-state index contributed by atoms with van der Waals surface area (Å²) in [5.41, 5.74) is 0. The van der Waals surface area contributed by atoms with E-state index < -0.39 is 6.04 Å². The Balaban J connectivity index is 2.47. The Morgan fingerprint density at radius 3 is 2.67 bits per heavy atom. The van der Waals surface area contributed by atoms with Gasteiger partial charge in [-0.3, -0.25) is 9.59 Å². The molecule has 1 atom stereocenters. The summed E-state index contributed by atoms with van der Waals surface area (Å²) in [6, 6.07) is -0.173. The van der Waals surface area contributed by atoms with E-state index in [-0.39, 0.29) is 17.9 Å². The second-order valence-corrected chi connectivity index (χ2v) is 5.33. The molecule has 0 aliphatic rings. The Morgan fingerprint density at radius 2 is 2.10 bits per heavy atom. The van der Waals surface area contributed by atoms with E-state index in [1.807, 2.05) is 11.5 Å². The molecule has 1 heterocycles. The van der Waals surface area contributed by atoms with Crippen LogP contribution in [0, 0.1) is 0 Å². The van der Waals surface area contributed by atoms with Gasteiger partial charge < -0.3 is 15.2 Å². The molecule has 0 radical (unpaired) electrons. The van der Waals surface area contributed by atoms with Gasteiger partial charge in [0.15, 0.2) is 0 Å². The minimum Gasteiger partial charge on any atom is -0.354 e. The first-order chi connectivity index (χ1) is 9.95. The van der Waals surface area contributed by atoms with Crippen molar-refractivity contribution < 1.29 is 9.59 Å². The zero-order chi connectivity index (χ0) is 15.8. The maximum atomic E-state index is 12.0. The second-order valence-electron chi connectivity index (χ2n) is 5.33. The summed E-state index contributed by atoms with van der Waals surface area (Å²) in [5, 5.41) is 13.5. The van der Waals surface area contributed by atoms with Gasteiger partial charge in [0, 0.05) is 25.9 Å². The van der Waals surface area contributed by atoms with E-state index in [1.54, 1.807) is 6.33 Å². The fourth-order valence-electron chi connectivity index (χ4n) is 2.10. The maximum absolute atomic E-state index is 12.0. The summed E-state index contributed by atoms with van der Waals surface area (Å²) in [4.78, 5) is 23.1. The standard InChI is InChI=1S/C14H25N5O2/c1-5-6-12(17-11(4)20)14(21)15-8-7-13-18-16-9-19(13)10(2)3/h9-10,12H,5-8H2,1-4H3,(H,15,21)(H,17,20). The molecule has 118 valence electrons. The third kappa shape index (κ3) is 5.53. The zero-order valence-corrected chi connectivity index (χ0v) is 13.2. The fraction of sp³-hybridized carbons (Fsp3) is 0.714. The van der Waals surface area contributed by atoms with Gasteiger partial charge in [0.25, 0.3) is 0 Å². The molecule has 0 saturated heterocycles. The fourth-order valence-corrected chi connectivity index (χ4v) is 2.10. The molecule has 1 aromatic heterocycles. The van der Waals surface area contributed by atoms with Crippen molar-refractivity contribution in [3.63, 3.8) is 0 Å². The SMILES string of the molecule is CCCC(NC(C)=O)C(=O)NCCc1nncn1C(C)C. The summed E-state index contributed by atoms with van der Waals surface area (Å²) in [6.07, 6.45) is 3.77. The lowest BCUT2D eigenvalue weighted by Crippen LogP contribution is -2.46. The van der Waals surface area contributed by atoms with E-state index in [0.717, 1.165) is 12.2 Å². The van der Waals surface area contributed by atoms with Crippen molar-refractivity contribution in [2.75, 3.05) is 6.54 Å². The van der Waals surface area contributed by atoms with Crippen LogP contribution in [0.1, 0.15) is 52.4 Å². The minimum atomic E-state index is -0.463. The molecule has 1 rings (SSSR count). The van der Waals surface area contributed by atoms with Crippen LogP contribution in [-0.4, -0.2) is 39.2 Å². The topological polar surface area (TPSA) is 88.9 Å². The van der Waals surface area contributed by atoms with Crippen LogP contribution in [0.15, 0.2) is 6.33 Å². The average Bonchev–Trinajstić information content (AvgIpc) is 2.86. The maximum Gasteiger partial charge on any atom is 0.242 e. The molecule has 0 aliphatic heterocycles. The average molecular weight is 295 g/mol. The number of rotatable bonds is 8. The van der Waals surface area contributed by atoms with Crippen LogP contribution in [0.25, 0.3) is 0 Å². The summed E-state index contributed by atoms with van der Waals surface area (Å²) >= 11 is 0. The van der Waals surface area contributed by atoms with Gasteiger partial charge in [0.05, 0.1) is 0 Å². The summed E-state index contributed by atoms with van der Waals surface area (Å²) in [5.74, 6) is 0.502. The molecular weight excluding hydrogens is 270 g/mol. The van der Waals surface area contributed by atoms with Crippen molar-refractivity contribution in [2.24, 2.45) is 0 Å². The Bertz CT molecular complexity index is 470. The molecule has 0 spiro atoms. The van der Waals surface area contributed by atoms with Gasteiger partial charge in [0.1, 0.15) is 18.2 Å². The molecule has 2 amide bonds. The van der Waals surface area contributed by atoms with E-state index in [1.165, 1.54) is 6.92 Å². The highest BCUT2D eigenvalue weighted by Crippen LogP contribution is 2.06. The van der Waals surface area contributed by atoms with E-state index >= 15 is 0 Å². The van der Waals surface area contributed by atoms with Crippen molar-refractivity contribution in [1.29, 1.82) is 0 Å². The molecule has 0 saturated carbocycles. The highest BCUT2D eigenvalue weighted by Gasteiger charge is 2.18. The summed E-state index contributed by atoms with van der Waals surface area (Å²) < 4.78 is 1.98. The first kappa shape index (κ1) is 17.1. The Morgan fingerprint density at radius 1 is 1.38 bits per heavy atom. The predicted octanol–water partition coefficient (Wildman–Crippen LogP) is 0.822. The lowest BCUT2D eigenvalue weighted by atomic mass is 10.1. The van der Waals surface area contributed by atoms with Crippen molar-refractivity contribution in [3.05, 3.63) is 12.2 Å². The van der Waals surface area contributed by atoms with Gasteiger partial charge in [0.2, 0.25) is 11.8 Å². The number of aromatic nitrogens is 3. The molecule has 21 heavy (non-hydrogen) atoms. The smallest absolute Gasteiger partial charge is 0.242 e. The lowest BCUT2D eigenvalue weighted by Gasteiger charge is -2.17. The highest BCUT2D eigenvalue weighted by molar-refractivity contribution is 5.86. The van der Waals surface area contributed by atoms with E-state index in [9.17, 15) is 9.59 Å². The molecule has 0 aromatic carbocycles. The van der Waals surface area contributed by atoms with Crippen molar-refractivity contribution in [1.82, 2.24) is 25.4 Å². The van der Waals surface area contributed by atoms with Crippen molar-refractivity contribution in [2.45, 2.75) is 59.0 Å². The van der Waals surface area contributed by atoms with Crippen LogP contribution in [0.4, 0.5) is 0 Å². The molecule has 1 aromatic rings.